The number of methoxy groups -OCH3 is 2. The van der Waals surface area contributed by atoms with Crippen molar-refractivity contribution in [1.29, 1.82) is 0 Å². The van der Waals surface area contributed by atoms with Gasteiger partial charge in [0.15, 0.2) is 6.10 Å². The van der Waals surface area contributed by atoms with Crippen molar-refractivity contribution in [3.05, 3.63) is 184 Å². The molecule has 1 unspecified atom stereocenters. The van der Waals surface area contributed by atoms with Crippen LogP contribution in [-0.4, -0.2) is 114 Å². The average molecular weight is 1240 g/mol. The topological polar surface area (TPSA) is 360 Å². The molecule has 11 N–H and O–H groups in total. The van der Waals surface area contributed by atoms with Crippen molar-refractivity contribution in [3.63, 3.8) is 0 Å². The number of phenols is 4. The number of rotatable bonds is 23. The van der Waals surface area contributed by atoms with Crippen LogP contribution in [0.5, 0.6) is 34.5 Å². The molecule has 1 atom stereocenters. The Labute approximate surface area is 508 Å². The van der Waals surface area contributed by atoms with Gasteiger partial charge in [-0.3, -0.25) is 4.55 Å². The van der Waals surface area contributed by atoms with E-state index in [9.17, 15) is 47.7 Å². The molecule has 20 nitrogen and oxygen atoms in total. The first-order valence-corrected chi connectivity index (χ1v) is 28.9. The number of ether oxygens (including phenoxy) is 2. The zero-order valence-corrected chi connectivity index (χ0v) is 49.7. The number of hydrogen-bond donors (Lipinski definition) is 11. The van der Waals surface area contributed by atoms with Gasteiger partial charge in [-0.2, -0.15) is 8.42 Å². The maximum Gasteiger partial charge on any atom is 0.336 e. The molecule has 7 rings (SSSR count). The molecule has 0 saturated heterocycles. The highest BCUT2D eigenvalue weighted by Gasteiger charge is 2.21. The lowest BCUT2D eigenvalue weighted by Crippen LogP contribution is -2.18. The number of benzene rings is 7. The third-order valence-electron chi connectivity index (χ3n) is 12.8. The molecular weight excluding hydrogens is 1170 g/mol. The van der Waals surface area contributed by atoms with Crippen molar-refractivity contribution < 1.29 is 97.5 Å². The molecule has 0 amide bonds. The van der Waals surface area contributed by atoms with Crippen LogP contribution < -0.4 is 9.47 Å². The zero-order valence-electron chi connectivity index (χ0n) is 48.2. The van der Waals surface area contributed by atoms with Crippen LogP contribution in [0.15, 0.2) is 156 Å². The third-order valence-corrected chi connectivity index (χ3v) is 14.0. The summed E-state index contributed by atoms with van der Waals surface area (Å²) >= 11 is 5.89. The number of carbonyl (C=O) groups is 5. The van der Waals surface area contributed by atoms with Crippen LogP contribution in [0, 0.1) is 6.92 Å². The first-order valence-electron chi connectivity index (χ1n) is 27.1. The molecule has 7 aromatic carbocycles. The quantitative estimate of drug-likeness (QED) is 0.0123. The fourth-order valence-electron chi connectivity index (χ4n) is 8.08. The number of aromatic hydroxyl groups is 4. The number of aliphatic hydroxyl groups is 1. The van der Waals surface area contributed by atoms with Crippen LogP contribution >= 0.6 is 11.6 Å². The lowest BCUT2D eigenvalue weighted by molar-refractivity contribution is -0.147. The van der Waals surface area contributed by atoms with Gasteiger partial charge in [-0.1, -0.05) is 143 Å². The molecule has 0 aromatic heterocycles. The van der Waals surface area contributed by atoms with Crippen molar-refractivity contribution in [3.8, 4) is 45.6 Å². The number of carboxylic acid groups (broad SMARTS) is 5. The van der Waals surface area contributed by atoms with E-state index in [0.717, 1.165) is 25.0 Å². The van der Waals surface area contributed by atoms with E-state index >= 15 is 0 Å². The van der Waals surface area contributed by atoms with E-state index < -0.39 is 46.1 Å². The maximum absolute atomic E-state index is 11.6. The first kappa shape index (κ1) is 71.9. The number of hydrogen-bond acceptors (Lipinski definition) is 14. The highest BCUT2D eigenvalue weighted by atomic mass is 35.5. The molecule has 0 radical (unpaired) electrons. The smallest absolute Gasteiger partial charge is 0.336 e. The minimum atomic E-state index is -4.24. The van der Waals surface area contributed by atoms with Crippen molar-refractivity contribution >= 4 is 74.5 Å². The summed E-state index contributed by atoms with van der Waals surface area (Å²) in [7, 11) is -1.19. The van der Waals surface area contributed by atoms with E-state index in [1.54, 1.807) is 91.0 Å². The van der Waals surface area contributed by atoms with Gasteiger partial charge in [0.2, 0.25) is 0 Å². The monoisotopic (exact) mass is 1240 g/mol. The maximum atomic E-state index is 11.6. The molecule has 0 heterocycles. The molecule has 0 fully saturated rings. The number of aliphatic hydroxyl groups excluding tert-OH is 1. The van der Waals surface area contributed by atoms with E-state index in [0.29, 0.717) is 56.0 Å². The summed E-state index contributed by atoms with van der Waals surface area (Å²) < 4.78 is 41.3. The minimum Gasteiger partial charge on any atom is -0.508 e. The average Bonchev–Trinajstić information content (AvgIpc) is 1.68. The van der Waals surface area contributed by atoms with Gasteiger partial charge < -0.3 is 60.5 Å². The Balaban J connectivity index is 0.000000292. The molecular formula is C65H71ClO20S. The molecule has 0 aliphatic rings. The molecule has 0 aliphatic heterocycles. The predicted octanol–water partition coefficient (Wildman–Crippen LogP) is 13.4. The summed E-state index contributed by atoms with van der Waals surface area (Å²) in [6, 6.07) is 35.4. The van der Waals surface area contributed by atoms with Crippen molar-refractivity contribution in [2.75, 3.05) is 14.2 Å². The van der Waals surface area contributed by atoms with Crippen molar-refractivity contribution in [2.45, 2.75) is 95.5 Å². The Hall–Kier alpha value is -9.41. The zero-order chi connectivity index (χ0) is 64.8. The van der Waals surface area contributed by atoms with E-state index in [2.05, 4.69) is 6.92 Å². The van der Waals surface area contributed by atoms with Gasteiger partial charge in [0.1, 0.15) is 39.4 Å². The normalized spacial score (nSPS) is 11.3. The van der Waals surface area contributed by atoms with Gasteiger partial charge in [0.25, 0.3) is 10.1 Å². The molecule has 22 heteroatoms. The summed E-state index contributed by atoms with van der Waals surface area (Å²) in [6.07, 6.45) is 14.1. The summed E-state index contributed by atoms with van der Waals surface area (Å²) in [5, 5.41) is 92.1. The van der Waals surface area contributed by atoms with Gasteiger partial charge in [0.05, 0.1) is 36.5 Å². The summed E-state index contributed by atoms with van der Waals surface area (Å²) in [4.78, 5) is 54.9. The second-order valence-electron chi connectivity index (χ2n) is 19.2. The Morgan fingerprint density at radius 3 is 1.43 bits per heavy atom. The number of unbranched alkanes of at least 4 members (excludes halogenated alkanes) is 9. The summed E-state index contributed by atoms with van der Waals surface area (Å²) in [6.45, 7) is 3.72. The predicted molar refractivity (Wildman–Crippen MR) is 330 cm³/mol. The fourth-order valence-corrected chi connectivity index (χ4v) is 9.15. The summed E-state index contributed by atoms with van der Waals surface area (Å²) in [5.74, 6) is -5.22. The molecule has 0 saturated carbocycles. The highest BCUT2D eigenvalue weighted by Crippen LogP contribution is 2.31. The van der Waals surface area contributed by atoms with E-state index in [-0.39, 0.29) is 55.7 Å². The van der Waals surface area contributed by atoms with Gasteiger partial charge in [-0.25, -0.2) is 24.0 Å². The van der Waals surface area contributed by atoms with Gasteiger partial charge in [-0.15, -0.1) is 0 Å². The molecule has 87 heavy (non-hydrogen) atoms. The third kappa shape index (κ3) is 24.6. The van der Waals surface area contributed by atoms with Gasteiger partial charge >= 0.3 is 29.8 Å². The molecule has 464 valence electrons. The molecule has 7 aromatic rings. The van der Waals surface area contributed by atoms with Crippen LogP contribution in [0.4, 0.5) is 0 Å². The van der Waals surface area contributed by atoms with Crippen molar-refractivity contribution in [2.24, 2.45) is 0 Å². The van der Waals surface area contributed by atoms with Crippen molar-refractivity contribution in [1.82, 2.24) is 0 Å². The second-order valence-corrected chi connectivity index (χ2v) is 21.0. The fraction of sp³-hybridized carbons (Fsp3) is 0.246. The Kier molecular flexibility index (Phi) is 30.1. The number of phenolic OH excluding ortho intramolecular Hbond substituents is 4. The number of halogens is 1. The number of aliphatic carboxylic acids is 3. The largest absolute Gasteiger partial charge is 0.508 e. The number of fused-ring (bicyclic) bond motifs is 1. The first-order chi connectivity index (χ1) is 41.2. The molecule has 0 aliphatic carbocycles. The highest BCUT2D eigenvalue weighted by molar-refractivity contribution is 7.86. The van der Waals surface area contributed by atoms with Gasteiger partial charge in [-0.05, 0) is 132 Å². The van der Waals surface area contributed by atoms with Crippen LogP contribution in [-0.2, 0) is 24.5 Å². The second kappa shape index (κ2) is 36.4. The molecule has 0 spiro atoms. The Morgan fingerprint density at radius 1 is 0.563 bits per heavy atom. The van der Waals surface area contributed by atoms with Crippen LogP contribution in [0.2, 0.25) is 5.02 Å². The van der Waals surface area contributed by atoms with E-state index in [1.165, 1.54) is 121 Å². The van der Waals surface area contributed by atoms with E-state index in [4.69, 9.17) is 61.4 Å². The Morgan fingerprint density at radius 2 is 1.01 bits per heavy atom. The van der Waals surface area contributed by atoms with Crippen LogP contribution in [0.1, 0.15) is 115 Å². The SMILES string of the molecule is CCCCCCCCCCCCC(O)C(=O)O.COc1ccc(C=C(C(=O)O)C(=Cc2ccc(OC)cc2)C(=O)O)cc1.Cc1c(O)cc(C(=O)O)cc1O.O=C(O)c1cc(O)ccc1-c1ccc(O)cc1.O=S(=O)(O)c1cccc2cccc(Cl)c12. The number of carboxylic acids is 5. The lowest BCUT2D eigenvalue weighted by Gasteiger charge is -2.07. The van der Waals surface area contributed by atoms with Gasteiger partial charge in [0, 0.05) is 16.0 Å². The number of aromatic carboxylic acids is 2. The Bertz CT molecular complexity index is 3480. The minimum absolute atomic E-state index is 0.0238. The van der Waals surface area contributed by atoms with Crippen LogP contribution in [0.3, 0.4) is 0 Å². The van der Waals surface area contributed by atoms with E-state index in [1.807, 2.05) is 0 Å². The standard InChI is InChI=1S/C20H18O6.C14H28O3.C13H10O4.C10H7ClO3S.C8H8O4/c1-25-15-7-3-13(4-8-15)11-17(19(21)22)18(20(23)24)12-14-5-9-16(26-2)10-6-14;1-2-3-4-5-6-7-8-9-10-11-12-13(15)14(16)17;14-9-3-1-8(2-4-9)11-6-5-10(15)7-12(11)13(16)17;11-8-5-1-3-7-4-2-6-9(10(7)8)15(12,13)14;1-4-6(9)2-5(8(11)12)3-7(4)10/h3-12H,1-2H3,(H,21,22)(H,23,24);13,15H,2-12H2,1H3,(H,16,17);1-7,14-15H,(H,16,17);1-6H,(H,12,13,14);2-3,9-10H,1H3,(H,11,12). The van der Waals surface area contributed by atoms with Crippen LogP contribution in [0.25, 0.3) is 34.1 Å². The molecule has 0 bridgehead atoms. The lowest BCUT2D eigenvalue weighted by atomic mass is 9.99. The summed E-state index contributed by atoms with van der Waals surface area (Å²) in [5.41, 5.74) is 1.79.